The van der Waals surface area contributed by atoms with Crippen LogP contribution in [-0.2, 0) is 0 Å². The van der Waals surface area contributed by atoms with Gasteiger partial charge in [0.05, 0.1) is 6.07 Å². The molecule has 0 amide bonds. The third-order valence-corrected chi connectivity index (χ3v) is 4.73. The van der Waals surface area contributed by atoms with Gasteiger partial charge in [-0.2, -0.15) is 5.26 Å². The molecule has 1 fully saturated rings. The fourth-order valence-corrected chi connectivity index (χ4v) is 3.60. The number of piperidine rings is 1. The van der Waals surface area contributed by atoms with E-state index in [2.05, 4.69) is 50.9 Å². The number of likely N-dealkylation sites (tertiary alicyclic amines) is 1. The van der Waals surface area contributed by atoms with Gasteiger partial charge in [-0.3, -0.25) is 10.2 Å². The van der Waals surface area contributed by atoms with Gasteiger partial charge in [0.15, 0.2) is 0 Å². The summed E-state index contributed by atoms with van der Waals surface area (Å²) >= 11 is 0. The van der Waals surface area contributed by atoms with Crippen LogP contribution in [0.25, 0.3) is 0 Å². The Morgan fingerprint density at radius 1 is 1.42 bits per heavy atom. The third-order valence-electron chi connectivity index (χ3n) is 4.73. The molecular weight excluding hydrogens is 234 g/mol. The molecule has 0 aromatic carbocycles. The van der Waals surface area contributed by atoms with Gasteiger partial charge in [-0.15, -0.1) is 0 Å². The standard InChI is InChI=1S/C16H31N3/c1-7-18-16(6,11-17)9-14(4)19-10-12(2)8-13(3)15(19)5/h12-15,18H,7-10H2,1-6H3. The molecule has 5 unspecified atom stereocenters. The van der Waals surface area contributed by atoms with Crippen LogP contribution in [0.1, 0.15) is 54.4 Å². The van der Waals surface area contributed by atoms with E-state index in [0.717, 1.165) is 24.8 Å². The molecule has 0 aromatic heterocycles. The molecule has 3 nitrogen and oxygen atoms in total. The second-order valence-corrected chi connectivity index (χ2v) is 6.78. The normalized spacial score (nSPS) is 33.4. The van der Waals surface area contributed by atoms with E-state index in [1.54, 1.807) is 0 Å². The minimum Gasteiger partial charge on any atom is -0.300 e. The monoisotopic (exact) mass is 265 g/mol. The lowest BCUT2D eigenvalue weighted by atomic mass is 9.83. The Labute approximate surface area is 119 Å². The molecule has 0 aromatic rings. The highest BCUT2D eigenvalue weighted by Gasteiger charge is 2.35. The maximum atomic E-state index is 9.40. The summed E-state index contributed by atoms with van der Waals surface area (Å²) in [6.45, 7) is 15.4. The molecule has 0 radical (unpaired) electrons. The summed E-state index contributed by atoms with van der Waals surface area (Å²) in [5.41, 5.74) is -0.405. The Morgan fingerprint density at radius 3 is 2.58 bits per heavy atom. The van der Waals surface area contributed by atoms with Crippen LogP contribution in [-0.4, -0.2) is 35.6 Å². The van der Waals surface area contributed by atoms with E-state index < -0.39 is 5.54 Å². The predicted octanol–water partition coefficient (Wildman–Crippen LogP) is 3.02. The Balaban J connectivity index is 2.71. The van der Waals surface area contributed by atoms with E-state index in [4.69, 9.17) is 0 Å². The van der Waals surface area contributed by atoms with E-state index in [-0.39, 0.29) is 0 Å². The summed E-state index contributed by atoms with van der Waals surface area (Å²) in [6.07, 6.45) is 2.22. The molecule has 110 valence electrons. The van der Waals surface area contributed by atoms with Gasteiger partial charge in [0.25, 0.3) is 0 Å². The highest BCUT2D eigenvalue weighted by Crippen LogP contribution is 2.30. The van der Waals surface area contributed by atoms with Crippen molar-refractivity contribution in [3.05, 3.63) is 0 Å². The quantitative estimate of drug-likeness (QED) is 0.830. The first-order chi connectivity index (χ1) is 8.83. The lowest BCUT2D eigenvalue weighted by molar-refractivity contribution is 0.0369. The van der Waals surface area contributed by atoms with Crippen molar-refractivity contribution in [1.29, 1.82) is 5.26 Å². The van der Waals surface area contributed by atoms with E-state index in [1.165, 1.54) is 13.0 Å². The molecule has 1 saturated heterocycles. The van der Waals surface area contributed by atoms with Gasteiger partial charge in [-0.1, -0.05) is 20.8 Å². The fourth-order valence-electron chi connectivity index (χ4n) is 3.60. The maximum Gasteiger partial charge on any atom is 0.105 e. The highest BCUT2D eigenvalue weighted by atomic mass is 15.2. The van der Waals surface area contributed by atoms with Crippen LogP contribution < -0.4 is 5.32 Å². The zero-order valence-electron chi connectivity index (χ0n) is 13.5. The van der Waals surface area contributed by atoms with E-state index in [1.807, 2.05) is 6.92 Å². The van der Waals surface area contributed by atoms with Crippen molar-refractivity contribution >= 4 is 0 Å². The number of rotatable bonds is 5. The van der Waals surface area contributed by atoms with Crippen LogP contribution in [0, 0.1) is 23.2 Å². The molecule has 0 aliphatic carbocycles. The number of nitrogens with one attached hydrogen (secondary N) is 1. The van der Waals surface area contributed by atoms with Gasteiger partial charge in [0.2, 0.25) is 0 Å². The average Bonchev–Trinajstić information content (AvgIpc) is 2.33. The summed E-state index contributed by atoms with van der Waals surface area (Å²) in [5.74, 6) is 1.51. The zero-order chi connectivity index (χ0) is 14.6. The summed E-state index contributed by atoms with van der Waals surface area (Å²) < 4.78 is 0. The number of nitrogens with zero attached hydrogens (tertiary/aromatic N) is 2. The predicted molar refractivity (Wildman–Crippen MR) is 80.9 cm³/mol. The molecule has 1 aliphatic rings. The van der Waals surface area contributed by atoms with Crippen molar-refractivity contribution in [2.45, 2.75) is 72.0 Å². The maximum absolute atomic E-state index is 9.40. The molecule has 1 rings (SSSR count). The van der Waals surface area contributed by atoms with E-state index in [0.29, 0.717) is 12.1 Å². The van der Waals surface area contributed by atoms with Crippen molar-refractivity contribution in [3.8, 4) is 6.07 Å². The first kappa shape index (κ1) is 16.5. The van der Waals surface area contributed by atoms with Crippen LogP contribution >= 0.6 is 0 Å². The first-order valence-corrected chi connectivity index (χ1v) is 7.75. The average molecular weight is 265 g/mol. The second-order valence-electron chi connectivity index (χ2n) is 6.78. The molecule has 0 spiro atoms. The van der Waals surface area contributed by atoms with Gasteiger partial charge >= 0.3 is 0 Å². The van der Waals surface area contributed by atoms with Crippen molar-refractivity contribution < 1.29 is 0 Å². The van der Waals surface area contributed by atoms with Gasteiger partial charge in [-0.25, -0.2) is 0 Å². The van der Waals surface area contributed by atoms with Crippen LogP contribution in [0.4, 0.5) is 0 Å². The summed E-state index contributed by atoms with van der Waals surface area (Å²) in [6, 6.07) is 3.52. The topological polar surface area (TPSA) is 39.1 Å². The molecule has 1 heterocycles. The molecular formula is C16H31N3. The zero-order valence-corrected chi connectivity index (χ0v) is 13.5. The summed E-state index contributed by atoms with van der Waals surface area (Å²) in [7, 11) is 0. The Hall–Kier alpha value is -0.590. The molecule has 0 saturated carbocycles. The largest absolute Gasteiger partial charge is 0.300 e. The molecule has 19 heavy (non-hydrogen) atoms. The number of nitriles is 1. The summed E-state index contributed by atoms with van der Waals surface area (Å²) in [5, 5.41) is 12.7. The lowest BCUT2D eigenvalue weighted by Crippen LogP contribution is -2.53. The van der Waals surface area contributed by atoms with Crippen molar-refractivity contribution in [2.24, 2.45) is 11.8 Å². The van der Waals surface area contributed by atoms with Crippen molar-refractivity contribution in [3.63, 3.8) is 0 Å². The molecule has 1 N–H and O–H groups in total. The van der Waals surface area contributed by atoms with Gasteiger partial charge in [0.1, 0.15) is 5.54 Å². The minimum atomic E-state index is -0.405. The smallest absolute Gasteiger partial charge is 0.105 e. The summed E-state index contributed by atoms with van der Waals surface area (Å²) in [4.78, 5) is 2.60. The van der Waals surface area contributed by atoms with E-state index in [9.17, 15) is 5.26 Å². The first-order valence-electron chi connectivity index (χ1n) is 7.75. The Bertz CT molecular complexity index is 322. The highest BCUT2D eigenvalue weighted by molar-refractivity contribution is 5.05. The third kappa shape index (κ3) is 4.19. The van der Waals surface area contributed by atoms with Crippen LogP contribution in [0.3, 0.4) is 0 Å². The van der Waals surface area contributed by atoms with Gasteiger partial charge < -0.3 is 0 Å². The van der Waals surface area contributed by atoms with Crippen LogP contribution in [0.15, 0.2) is 0 Å². The number of hydrogen-bond donors (Lipinski definition) is 1. The molecule has 0 bridgehead atoms. The Kier molecular flexibility index (Phi) is 5.82. The molecule has 3 heteroatoms. The Morgan fingerprint density at radius 2 is 2.05 bits per heavy atom. The van der Waals surface area contributed by atoms with Crippen molar-refractivity contribution in [2.75, 3.05) is 13.1 Å². The van der Waals surface area contributed by atoms with E-state index >= 15 is 0 Å². The lowest BCUT2D eigenvalue weighted by Gasteiger charge is -2.45. The van der Waals surface area contributed by atoms with Crippen LogP contribution in [0.2, 0.25) is 0 Å². The fraction of sp³-hybridized carbons (Fsp3) is 0.938. The molecule has 1 aliphatic heterocycles. The van der Waals surface area contributed by atoms with Crippen LogP contribution in [0.5, 0.6) is 0 Å². The SMILES string of the molecule is CCNC(C)(C#N)CC(C)N1CC(C)CC(C)C1C. The molecule has 5 atom stereocenters. The minimum absolute atomic E-state index is 0.405. The second kappa shape index (κ2) is 6.72. The van der Waals surface area contributed by atoms with Crippen molar-refractivity contribution in [1.82, 2.24) is 10.2 Å². The number of hydrogen-bond acceptors (Lipinski definition) is 3. The van der Waals surface area contributed by atoms with Gasteiger partial charge in [-0.05, 0) is 52.0 Å². The van der Waals surface area contributed by atoms with Gasteiger partial charge in [0, 0.05) is 18.6 Å².